The Morgan fingerprint density at radius 2 is 1.84 bits per heavy atom. The van der Waals surface area contributed by atoms with E-state index in [1.54, 1.807) is 18.2 Å². The number of aromatic nitrogens is 2. The second-order valence-electron chi connectivity index (χ2n) is 8.59. The van der Waals surface area contributed by atoms with Crippen molar-refractivity contribution >= 4 is 5.91 Å². The molecule has 2 aromatic carbocycles. The van der Waals surface area contributed by atoms with Crippen molar-refractivity contribution in [1.82, 2.24) is 14.5 Å². The number of hydrogen-bond acceptors (Lipinski definition) is 2. The van der Waals surface area contributed by atoms with Gasteiger partial charge in [0.1, 0.15) is 0 Å². The van der Waals surface area contributed by atoms with Crippen LogP contribution in [-0.2, 0) is 11.2 Å². The van der Waals surface area contributed by atoms with E-state index in [0.29, 0.717) is 13.0 Å². The normalized spacial score (nSPS) is 17.6. The highest BCUT2D eigenvalue weighted by atomic mass is 19.2. The summed E-state index contributed by atoms with van der Waals surface area (Å²) in [5.41, 5.74) is 4.39. The Morgan fingerprint density at radius 1 is 1.12 bits per heavy atom. The lowest BCUT2D eigenvalue weighted by Crippen LogP contribution is -2.43. The number of benzene rings is 2. The minimum absolute atomic E-state index is 0.0409. The molecule has 1 amide bonds. The van der Waals surface area contributed by atoms with Gasteiger partial charge in [-0.15, -0.1) is 0 Å². The summed E-state index contributed by atoms with van der Waals surface area (Å²) >= 11 is 0. The van der Waals surface area contributed by atoms with Crippen molar-refractivity contribution in [2.24, 2.45) is 5.92 Å². The Labute approximate surface area is 185 Å². The van der Waals surface area contributed by atoms with E-state index < -0.39 is 23.5 Å². The van der Waals surface area contributed by atoms with Crippen molar-refractivity contribution in [3.8, 4) is 5.69 Å². The summed E-state index contributed by atoms with van der Waals surface area (Å²) in [6, 6.07) is 7.55. The fraction of sp³-hybridized carbons (Fsp3) is 0.360. The van der Waals surface area contributed by atoms with E-state index in [4.69, 9.17) is 0 Å². The van der Waals surface area contributed by atoms with Crippen molar-refractivity contribution in [3.05, 3.63) is 82.7 Å². The molecule has 32 heavy (non-hydrogen) atoms. The molecule has 7 heteroatoms. The van der Waals surface area contributed by atoms with E-state index in [-0.39, 0.29) is 17.4 Å². The Hall–Kier alpha value is -3.09. The molecule has 1 aromatic heterocycles. The van der Waals surface area contributed by atoms with Gasteiger partial charge in [-0.25, -0.2) is 18.2 Å². The van der Waals surface area contributed by atoms with Gasteiger partial charge in [0, 0.05) is 24.3 Å². The molecule has 0 radical (unpaired) electrons. The molecular weight excluding hydrogens is 415 g/mol. The van der Waals surface area contributed by atoms with Gasteiger partial charge in [-0.2, -0.15) is 0 Å². The second kappa shape index (κ2) is 8.81. The highest BCUT2D eigenvalue weighted by Crippen LogP contribution is 2.31. The molecule has 1 saturated heterocycles. The Balaban J connectivity index is 1.50. The Morgan fingerprint density at radius 3 is 2.47 bits per heavy atom. The summed E-state index contributed by atoms with van der Waals surface area (Å²) in [6.45, 7) is 6.20. The van der Waals surface area contributed by atoms with E-state index in [2.05, 4.69) is 11.1 Å². The molecule has 3 aromatic rings. The highest BCUT2D eigenvalue weighted by Gasteiger charge is 2.32. The summed E-state index contributed by atoms with van der Waals surface area (Å²) < 4.78 is 42.7. The fourth-order valence-corrected chi connectivity index (χ4v) is 4.52. The predicted molar refractivity (Wildman–Crippen MR) is 116 cm³/mol. The van der Waals surface area contributed by atoms with Crippen LogP contribution in [0.4, 0.5) is 13.2 Å². The summed E-state index contributed by atoms with van der Waals surface area (Å²) in [4.78, 5) is 19.1. The van der Waals surface area contributed by atoms with Gasteiger partial charge in [0.05, 0.1) is 18.1 Å². The van der Waals surface area contributed by atoms with Gasteiger partial charge < -0.3 is 9.47 Å². The number of imidazole rings is 1. The molecule has 0 saturated carbocycles. The van der Waals surface area contributed by atoms with Crippen LogP contribution in [0.5, 0.6) is 0 Å². The monoisotopic (exact) mass is 441 g/mol. The van der Waals surface area contributed by atoms with Crippen LogP contribution in [0.25, 0.3) is 5.69 Å². The van der Waals surface area contributed by atoms with Crippen LogP contribution in [0.1, 0.15) is 48.2 Å². The average molecular weight is 441 g/mol. The number of hydrogen-bond donors (Lipinski definition) is 0. The lowest BCUT2D eigenvalue weighted by Gasteiger charge is -2.37. The number of amides is 1. The quantitative estimate of drug-likeness (QED) is 0.494. The lowest BCUT2D eigenvalue weighted by molar-refractivity contribution is -0.140. The molecule has 0 bridgehead atoms. The average Bonchev–Trinajstić information content (AvgIpc) is 3.18. The van der Waals surface area contributed by atoms with E-state index in [1.165, 1.54) is 0 Å². The second-order valence-corrected chi connectivity index (χ2v) is 8.59. The lowest BCUT2D eigenvalue weighted by atomic mass is 9.88. The fourth-order valence-electron chi connectivity index (χ4n) is 4.52. The van der Waals surface area contributed by atoms with Gasteiger partial charge in [0.25, 0.3) is 0 Å². The molecular formula is C25H26F3N3O. The zero-order chi connectivity index (χ0) is 23.0. The van der Waals surface area contributed by atoms with Gasteiger partial charge >= 0.3 is 0 Å². The molecule has 0 aliphatic carbocycles. The van der Waals surface area contributed by atoms with E-state index in [1.807, 2.05) is 36.7 Å². The molecule has 4 nitrogen and oxygen atoms in total. The number of likely N-dealkylation sites (tertiary alicyclic amines) is 1. The molecule has 2 unspecified atom stereocenters. The van der Waals surface area contributed by atoms with E-state index in [0.717, 1.165) is 47.5 Å². The summed E-state index contributed by atoms with van der Waals surface area (Å²) in [6.07, 6.45) is 5.90. The van der Waals surface area contributed by atoms with Crippen LogP contribution >= 0.6 is 0 Å². The smallest absolute Gasteiger partial charge is 0.226 e. The minimum atomic E-state index is -1.49. The molecule has 1 fully saturated rings. The third kappa shape index (κ3) is 4.29. The maximum absolute atomic E-state index is 13.7. The van der Waals surface area contributed by atoms with Crippen LogP contribution in [-0.4, -0.2) is 26.9 Å². The first-order valence-electron chi connectivity index (χ1n) is 10.8. The van der Waals surface area contributed by atoms with Gasteiger partial charge in [0.2, 0.25) is 5.91 Å². The Kier molecular flexibility index (Phi) is 6.09. The van der Waals surface area contributed by atoms with Crippen molar-refractivity contribution in [1.29, 1.82) is 0 Å². The van der Waals surface area contributed by atoms with Gasteiger partial charge in [-0.05, 0) is 74.9 Å². The summed E-state index contributed by atoms with van der Waals surface area (Å²) in [5.74, 6) is -4.22. The zero-order valence-electron chi connectivity index (χ0n) is 18.4. The summed E-state index contributed by atoms with van der Waals surface area (Å²) in [7, 11) is 0. The third-order valence-electron chi connectivity index (χ3n) is 6.27. The number of carbonyl (C=O) groups excluding carboxylic acids is 1. The molecule has 1 aliphatic rings. The van der Waals surface area contributed by atoms with Crippen LogP contribution in [0.2, 0.25) is 0 Å². The number of rotatable bonds is 5. The van der Waals surface area contributed by atoms with Crippen LogP contribution < -0.4 is 0 Å². The molecule has 168 valence electrons. The molecule has 1 aliphatic heterocycles. The Bertz CT molecular complexity index is 1130. The van der Waals surface area contributed by atoms with Crippen molar-refractivity contribution in [2.45, 2.75) is 46.1 Å². The van der Waals surface area contributed by atoms with Gasteiger partial charge in [-0.3, -0.25) is 4.79 Å². The first-order chi connectivity index (χ1) is 15.2. The van der Waals surface area contributed by atoms with Crippen LogP contribution in [0.15, 0.2) is 42.9 Å². The standard InChI is InChI=1S/C25H26F3N3O/c1-15-9-18(6-7-23(15)30-13-16(2)29-14-30)10-19-5-4-8-31(25(19)32)17(3)20-11-21(26)24(28)22(27)12-20/h6-7,9,11-14,17,19H,4-5,8,10H2,1-3H3. The van der Waals surface area contributed by atoms with Crippen LogP contribution in [0.3, 0.4) is 0 Å². The maximum atomic E-state index is 13.7. The van der Waals surface area contributed by atoms with Crippen molar-refractivity contribution in [3.63, 3.8) is 0 Å². The molecule has 0 spiro atoms. The zero-order valence-corrected chi connectivity index (χ0v) is 18.4. The SMILES string of the molecule is Cc1cn(-c2ccc(CC3CCCN(C(C)c4cc(F)c(F)c(F)c4)C3=O)cc2C)cn1. The molecule has 2 atom stereocenters. The molecule has 2 heterocycles. The number of halogens is 3. The first kappa shape index (κ1) is 22.1. The van der Waals surface area contributed by atoms with Crippen molar-refractivity contribution in [2.75, 3.05) is 6.54 Å². The minimum Gasteiger partial charge on any atom is -0.336 e. The summed E-state index contributed by atoms with van der Waals surface area (Å²) in [5, 5.41) is 0. The highest BCUT2D eigenvalue weighted by molar-refractivity contribution is 5.80. The van der Waals surface area contributed by atoms with E-state index >= 15 is 0 Å². The first-order valence-corrected chi connectivity index (χ1v) is 10.8. The van der Waals surface area contributed by atoms with Crippen LogP contribution in [0, 0.1) is 37.2 Å². The van der Waals surface area contributed by atoms with E-state index in [9.17, 15) is 18.0 Å². The number of carbonyl (C=O) groups is 1. The predicted octanol–water partition coefficient (Wildman–Crippen LogP) is 5.45. The largest absolute Gasteiger partial charge is 0.336 e. The number of nitrogens with zero attached hydrogens (tertiary/aromatic N) is 3. The topological polar surface area (TPSA) is 38.1 Å². The third-order valence-corrected chi connectivity index (χ3v) is 6.27. The van der Waals surface area contributed by atoms with Gasteiger partial charge in [0.15, 0.2) is 17.5 Å². The number of aryl methyl sites for hydroxylation is 2. The van der Waals surface area contributed by atoms with Gasteiger partial charge in [-0.1, -0.05) is 12.1 Å². The maximum Gasteiger partial charge on any atom is 0.226 e. The molecule has 4 rings (SSSR count). The molecule has 0 N–H and O–H groups in total. The number of piperidine rings is 1. The van der Waals surface area contributed by atoms with Crippen molar-refractivity contribution < 1.29 is 18.0 Å².